The fourth-order valence-corrected chi connectivity index (χ4v) is 2.72. The van der Waals surface area contributed by atoms with Gasteiger partial charge in [-0.05, 0) is 42.7 Å². The highest BCUT2D eigenvalue weighted by molar-refractivity contribution is 6.08. The van der Waals surface area contributed by atoms with Crippen LogP contribution >= 0.6 is 0 Å². The van der Waals surface area contributed by atoms with Gasteiger partial charge in [0.15, 0.2) is 5.82 Å². The molecule has 7 heteroatoms. The van der Waals surface area contributed by atoms with Gasteiger partial charge in [0.05, 0.1) is 17.6 Å². The van der Waals surface area contributed by atoms with Crippen molar-refractivity contribution in [3.8, 4) is 0 Å². The van der Waals surface area contributed by atoms with Crippen molar-refractivity contribution >= 4 is 29.4 Å². The number of nitrogens with zero attached hydrogens (tertiary/aromatic N) is 3. The van der Waals surface area contributed by atoms with E-state index in [2.05, 4.69) is 45.0 Å². The molecule has 0 saturated carbocycles. The smallest absolute Gasteiger partial charge is 0.150 e. The number of pyridine rings is 1. The van der Waals surface area contributed by atoms with Crippen LogP contribution in [0, 0.1) is 5.41 Å². The largest absolute Gasteiger partial charge is 0.391 e. The maximum atomic E-state index is 7.64. The first-order valence-electron chi connectivity index (χ1n) is 9.09. The molecule has 0 bridgehead atoms. The summed E-state index contributed by atoms with van der Waals surface area (Å²) in [4.78, 5) is 4.50. The Morgan fingerprint density at radius 2 is 2.19 bits per heavy atom. The number of nitrogens with one attached hydrogen (secondary N) is 4. The molecule has 4 N–H and O–H groups in total. The van der Waals surface area contributed by atoms with E-state index in [1.807, 2.05) is 37.4 Å². The summed E-state index contributed by atoms with van der Waals surface area (Å²) < 4.78 is 0. The number of hydrogen-bond acceptors (Lipinski definition) is 7. The van der Waals surface area contributed by atoms with Crippen LogP contribution in [0.25, 0.3) is 11.6 Å². The van der Waals surface area contributed by atoms with Crippen molar-refractivity contribution in [2.24, 2.45) is 0 Å². The second-order valence-electron chi connectivity index (χ2n) is 6.61. The van der Waals surface area contributed by atoms with Gasteiger partial charge in [0, 0.05) is 36.3 Å². The van der Waals surface area contributed by atoms with E-state index in [0.29, 0.717) is 5.92 Å². The van der Waals surface area contributed by atoms with Gasteiger partial charge in [-0.1, -0.05) is 13.8 Å². The van der Waals surface area contributed by atoms with Crippen LogP contribution in [-0.4, -0.2) is 34.1 Å². The summed E-state index contributed by atoms with van der Waals surface area (Å²) in [5.74, 6) is 1.12. The molecular weight excluding hydrogens is 338 g/mol. The van der Waals surface area contributed by atoms with Crippen molar-refractivity contribution in [1.82, 2.24) is 20.5 Å². The molecule has 3 rings (SSSR count). The van der Waals surface area contributed by atoms with Gasteiger partial charge in [-0.25, -0.2) is 0 Å². The van der Waals surface area contributed by atoms with Crippen molar-refractivity contribution in [3.63, 3.8) is 0 Å². The van der Waals surface area contributed by atoms with Gasteiger partial charge in [0.2, 0.25) is 0 Å². The predicted molar refractivity (Wildman–Crippen MR) is 111 cm³/mol. The molecule has 0 radical (unpaired) electrons. The van der Waals surface area contributed by atoms with Crippen LogP contribution in [0.4, 0.5) is 11.5 Å². The Labute approximate surface area is 159 Å². The molecule has 0 saturated heterocycles. The van der Waals surface area contributed by atoms with Crippen LogP contribution in [-0.2, 0) is 0 Å². The van der Waals surface area contributed by atoms with E-state index in [1.54, 1.807) is 12.4 Å². The van der Waals surface area contributed by atoms with E-state index in [-0.39, 0.29) is 6.17 Å². The number of fused-ring (bicyclic) bond motifs is 1. The molecule has 0 fully saturated rings. The summed E-state index contributed by atoms with van der Waals surface area (Å²) in [7, 11) is 0. The number of rotatable bonds is 7. The minimum Gasteiger partial charge on any atom is -0.391 e. The normalized spacial score (nSPS) is 15.9. The molecular formula is C20H25N7. The molecule has 1 atom stereocenters. The van der Waals surface area contributed by atoms with Crippen molar-refractivity contribution in [2.45, 2.75) is 32.9 Å². The standard InChI is InChI=1S/C20H25N7/c1-4-22-10-16(9-21)15-7-18-17(23-11-15)5-6-19(25-18)26-20-8-14(13(2)3)12-24-27-20/h5-13,19,21-22,25H,4H2,1-3H3,(H,26,27)/b16-10+,21-9?. The zero-order valence-electron chi connectivity index (χ0n) is 15.8. The fraction of sp³-hybridized carbons (Fsp3) is 0.300. The maximum absolute atomic E-state index is 7.64. The molecule has 0 amide bonds. The van der Waals surface area contributed by atoms with Gasteiger partial charge in [-0.2, -0.15) is 5.10 Å². The second kappa shape index (κ2) is 8.44. The summed E-state index contributed by atoms with van der Waals surface area (Å²) >= 11 is 0. The van der Waals surface area contributed by atoms with Crippen LogP contribution in [0.5, 0.6) is 0 Å². The van der Waals surface area contributed by atoms with Crippen molar-refractivity contribution in [3.05, 3.63) is 53.6 Å². The van der Waals surface area contributed by atoms with Gasteiger partial charge in [0.1, 0.15) is 6.17 Å². The van der Waals surface area contributed by atoms with E-state index >= 15 is 0 Å². The second-order valence-corrected chi connectivity index (χ2v) is 6.61. The SMILES string of the molecule is CCN/C=C(\C=N)c1cnc2c(c1)NC(Nc1cc(C(C)C)cnn1)C=C2. The minimum atomic E-state index is -0.118. The molecule has 27 heavy (non-hydrogen) atoms. The molecule has 3 heterocycles. The lowest BCUT2D eigenvalue weighted by molar-refractivity contribution is 0.837. The number of allylic oxidation sites excluding steroid dienone is 1. The molecule has 2 aromatic rings. The van der Waals surface area contributed by atoms with E-state index in [1.165, 1.54) is 6.21 Å². The Morgan fingerprint density at radius 1 is 1.33 bits per heavy atom. The molecule has 140 valence electrons. The van der Waals surface area contributed by atoms with Crippen LogP contribution in [0.1, 0.15) is 43.5 Å². The zero-order chi connectivity index (χ0) is 19.2. The van der Waals surface area contributed by atoms with E-state index in [4.69, 9.17) is 5.41 Å². The van der Waals surface area contributed by atoms with Crippen LogP contribution in [0.15, 0.2) is 36.8 Å². The zero-order valence-corrected chi connectivity index (χ0v) is 15.8. The summed E-state index contributed by atoms with van der Waals surface area (Å²) in [5.41, 5.74) is 4.58. The number of hydrogen-bond donors (Lipinski definition) is 4. The first-order chi connectivity index (χ1) is 13.1. The van der Waals surface area contributed by atoms with E-state index < -0.39 is 0 Å². The molecule has 1 aliphatic rings. The molecule has 7 nitrogen and oxygen atoms in total. The molecule has 0 spiro atoms. The number of anilines is 2. The van der Waals surface area contributed by atoms with E-state index in [0.717, 1.165) is 40.4 Å². The van der Waals surface area contributed by atoms with Gasteiger partial charge in [-0.15, -0.1) is 5.10 Å². The monoisotopic (exact) mass is 363 g/mol. The molecule has 1 aliphatic heterocycles. The Morgan fingerprint density at radius 3 is 2.93 bits per heavy atom. The van der Waals surface area contributed by atoms with Crippen molar-refractivity contribution in [2.75, 3.05) is 17.2 Å². The van der Waals surface area contributed by atoms with Gasteiger partial charge < -0.3 is 21.4 Å². The summed E-state index contributed by atoms with van der Waals surface area (Å²) in [6, 6.07) is 4.02. The Kier molecular flexibility index (Phi) is 5.80. The van der Waals surface area contributed by atoms with Crippen LogP contribution in [0.3, 0.4) is 0 Å². The summed E-state index contributed by atoms with van der Waals surface area (Å²) in [6.07, 6.45) is 10.6. The summed E-state index contributed by atoms with van der Waals surface area (Å²) in [5, 5.41) is 25.8. The Hall–Kier alpha value is -3.22. The maximum Gasteiger partial charge on any atom is 0.150 e. The quantitative estimate of drug-likeness (QED) is 0.562. The number of aromatic nitrogens is 3. The third-order valence-corrected chi connectivity index (χ3v) is 4.27. The topological polar surface area (TPSA) is 98.6 Å². The minimum absolute atomic E-state index is 0.118. The molecule has 0 aromatic carbocycles. The fourth-order valence-electron chi connectivity index (χ4n) is 2.72. The van der Waals surface area contributed by atoms with Gasteiger partial charge >= 0.3 is 0 Å². The predicted octanol–water partition coefficient (Wildman–Crippen LogP) is 3.47. The van der Waals surface area contributed by atoms with Crippen molar-refractivity contribution in [1.29, 1.82) is 5.41 Å². The lowest BCUT2D eigenvalue weighted by atomic mass is 10.1. The lowest BCUT2D eigenvalue weighted by Gasteiger charge is -2.23. The molecule has 2 aromatic heterocycles. The highest BCUT2D eigenvalue weighted by Crippen LogP contribution is 2.25. The average molecular weight is 363 g/mol. The third-order valence-electron chi connectivity index (χ3n) is 4.27. The van der Waals surface area contributed by atoms with Gasteiger partial charge in [0.25, 0.3) is 0 Å². The van der Waals surface area contributed by atoms with E-state index in [9.17, 15) is 0 Å². The highest BCUT2D eigenvalue weighted by atomic mass is 15.2. The Bertz CT molecular complexity index is 870. The first kappa shape index (κ1) is 18.6. The van der Waals surface area contributed by atoms with Crippen LogP contribution < -0.4 is 16.0 Å². The third kappa shape index (κ3) is 4.49. The lowest BCUT2D eigenvalue weighted by Crippen LogP contribution is -2.29. The first-order valence-corrected chi connectivity index (χ1v) is 9.09. The van der Waals surface area contributed by atoms with Gasteiger partial charge in [-0.3, -0.25) is 4.98 Å². The Balaban J connectivity index is 1.78. The molecule has 1 unspecified atom stereocenters. The van der Waals surface area contributed by atoms with Crippen LogP contribution in [0.2, 0.25) is 0 Å². The van der Waals surface area contributed by atoms with Crippen molar-refractivity contribution < 1.29 is 0 Å². The molecule has 0 aliphatic carbocycles. The summed E-state index contributed by atoms with van der Waals surface area (Å²) in [6.45, 7) is 7.08. The average Bonchev–Trinajstić information content (AvgIpc) is 2.68. The highest BCUT2D eigenvalue weighted by Gasteiger charge is 2.15.